The molecule has 0 bridgehead atoms. The fraction of sp³-hybridized carbons (Fsp3) is 0.174. The van der Waals surface area contributed by atoms with Gasteiger partial charge in [0.15, 0.2) is 10.9 Å². The number of hydrogen-bond donors (Lipinski definition) is 1. The molecular formula is C23H22N4OS. The lowest BCUT2D eigenvalue weighted by atomic mass is 10.1. The second-order valence-corrected chi connectivity index (χ2v) is 7.92. The zero-order valence-electron chi connectivity index (χ0n) is 16.4. The van der Waals surface area contributed by atoms with E-state index in [1.807, 2.05) is 24.3 Å². The van der Waals surface area contributed by atoms with Crippen molar-refractivity contribution in [3.8, 4) is 5.69 Å². The van der Waals surface area contributed by atoms with Gasteiger partial charge in [0.05, 0.1) is 17.1 Å². The summed E-state index contributed by atoms with van der Waals surface area (Å²) in [6.45, 7) is 4.17. The van der Waals surface area contributed by atoms with Gasteiger partial charge < -0.3 is 4.98 Å². The van der Waals surface area contributed by atoms with E-state index in [1.165, 1.54) is 22.9 Å². The van der Waals surface area contributed by atoms with Crippen LogP contribution in [0.1, 0.15) is 33.0 Å². The number of nitrogens with zero attached hydrogens (tertiary/aromatic N) is 3. The number of benzene rings is 2. The third kappa shape index (κ3) is 4.32. The topological polar surface area (TPSA) is 63.6 Å². The Balaban J connectivity index is 1.68. The SMILES string of the molecule is Cc1ccc(-n2c(Cc3ccccc3)nnc2SCC(=O)c2ccc[nH]2)c(C)c1. The monoisotopic (exact) mass is 402 g/mol. The third-order valence-electron chi connectivity index (χ3n) is 4.73. The van der Waals surface area contributed by atoms with Crippen LogP contribution in [-0.2, 0) is 6.42 Å². The van der Waals surface area contributed by atoms with Gasteiger partial charge in [0.1, 0.15) is 5.82 Å². The molecule has 0 aliphatic heterocycles. The number of rotatable bonds is 7. The van der Waals surface area contributed by atoms with Crippen molar-refractivity contribution < 1.29 is 4.79 Å². The van der Waals surface area contributed by atoms with E-state index < -0.39 is 0 Å². The molecule has 0 spiro atoms. The maximum absolute atomic E-state index is 12.4. The van der Waals surface area contributed by atoms with E-state index in [4.69, 9.17) is 0 Å². The second-order valence-electron chi connectivity index (χ2n) is 6.98. The highest BCUT2D eigenvalue weighted by molar-refractivity contribution is 7.99. The van der Waals surface area contributed by atoms with Gasteiger partial charge in [-0.15, -0.1) is 10.2 Å². The van der Waals surface area contributed by atoms with Crippen LogP contribution in [-0.4, -0.2) is 31.3 Å². The van der Waals surface area contributed by atoms with E-state index >= 15 is 0 Å². The zero-order valence-corrected chi connectivity index (χ0v) is 17.2. The first-order chi connectivity index (χ1) is 14.1. The Hall–Kier alpha value is -3.12. The minimum absolute atomic E-state index is 0.0415. The van der Waals surface area contributed by atoms with Gasteiger partial charge in [-0.3, -0.25) is 9.36 Å². The van der Waals surface area contributed by atoms with Gasteiger partial charge in [-0.25, -0.2) is 0 Å². The summed E-state index contributed by atoms with van der Waals surface area (Å²) in [7, 11) is 0. The summed E-state index contributed by atoms with van der Waals surface area (Å²) in [4.78, 5) is 15.4. The Bertz CT molecular complexity index is 1120. The molecular weight excluding hydrogens is 380 g/mol. The Morgan fingerprint density at radius 2 is 1.86 bits per heavy atom. The average Bonchev–Trinajstić information content (AvgIpc) is 3.38. The zero-order chi connectivity index (χ0) is 20.2. The highest BCUT2D eigenvalue weighted by Gasteiger charge is 2.18. The molecule has 0 aliphatic rings. The molecule has 0 radical (unpaired) electrons. The lowest BCUT2D eigenvalue weighted by molar-refractivity contribution is 0.101. The van der Waals surface area contributed by atoms with Crippen LogP contribution in [0.15, 0.2) is 72.0 Å². The number of aromatic amines is 1. The summed E-state index contributed by atoms with van der Waals surface area (Å²) in [5, 5.41) is 9.61. The van der Waals surface area contributed by atoms with Gasteiger partial charge in [0.25, 0.3) is 0 Å². The number of aryl methyl sites for hydroxylation is 2. The molecule has 0 amide bonds. The molecule has 5 nitrogen and oxygen atoms in total. The fourth-order valence-electron chi connectivity index (χ4n) is 3.30. The van der Waals surface area contributed by atoms with E-state index in [-0.39, 0.29) is 5.78 Å². The van der Waals surface area contributed by atoms with E-state index in [9.17, 15) is 4.79 Å². The Labute approximate surface area is 174 Å². The molecule has 2 heterocycles. The van der Waals surface area contributed by atoms with E-state index in [0.29, 0.717) is 17.9 Å². The first kappa shape index (κ1) is 19.2. The van der Waals surface area contributed by atoms with Crippen LogP contribution in [0.4, 0.5) is 0 Å². The van der Waals surface area contributed by atoms with Crippen LogP contribution in [0, 0.1) is 13.8 Å². The summed E-state index contributed by atoms with van der Waals surface area (Å²) in [5.41, 5.74) is 5.18. The summed E-state index contributed by atoms with van der Waals surface area (Å²) >= 11 is 1.41. The molecule has 0 fully saturated rings. The summed E-state index contributed by atoms with van der Waals surface area (Å²) < 4.78 is 2.08. The Morgan fingerprint density at radius 3 is 2.59 bits per heavy atom. The molecule has 146 valence electrons. The second kappa shape index (κ2) is 8.49. The number of H-pyrrole nitrogens is 1. The van der Waals surface area contributed by atoms with E-state index in [1.54, 1.807) is 12.3 Å². The molecule has 0 saturated heterocycles. The van der Waals surface area contributed by atoms with Crippen LogP contribution >= 0.6 is 11.8 Å². The van der Waals surface area contributed by atoms with Crippen LogP contribution in [0.3, 0.4) is 0 Å². The standard InChI is InChI=1S/C23H22N4OS/c1-16-10-11-20(17(2)13-16)27-22(14-18-7-4-3-5-8-18)25-26-23(27)29-15-21(28)19-9-6-12-24-19/h3-13,24H,14-15H2,1-2H3. The normalized spacial score (nSPS) is 11.0. The minimum Gasteiger partial charge on any atom is -0.359 e. The number of carbonyl (C=O) groups excluding carboxylic acids is 1. The van der Waals surface area contributed by atoms with Crippen molar-refractivity contribution in [1.82, 2.24) is 19.7 Å². The highest BCUT2D eigenvalue weighted by Crippen LogP contribution is 2.26. The Morgan fingerprint density at radius 1 is 1.03 bits per heavy atom. The third-order valence-corrected chi connectivity index (χ3v) is 5.66. The lowest BCUT2D eigenvalue weighted by Crippen LogP contribution is -2.08. The summed E-state index contributed by atoms with van der Waals surface area (Å²) in [5.74, 6) is 1.20. The maximum Gasteiger partial charge on any atom is 0.196 e. The van der Waals surface area contributed by atoms with Crippen LogP contribution < -0.4 is 0 Å². The number of Topliss-reactive ketones (excluding diaryl/α,β-unsaturated/α-hetero) is 1. The van der Waals surface area contributed by atoms with Gasteiger partial charge >= 0.3 is 0 Å². The van der Waals surface area contributed by atoms with Crippen LogP contribution in [0.5, 0.6) is 0 Å². The molecule has 0 unspecified atom stereocenters. The number of thioether (sulfide) groups is 1. The first-order valence-electron chi connectivity index (χ1n) is 9.47. The number of hydrogen-bond acceptors (Lipinski definition) is 4. The van der Waals surface area contributed by atoms with Crippen molar-refractivity contribution in [3.63, 3.8) is 0 Å². The number of carbonyl (C=O) groups is 1. The van der Waals surface area contributed by atoms with E-state index in [2.05, 4.69) is 63.9 Å². The van der Waals surface area contributed by atoms with Gasteiger partial charge in [0, 0.05) is 12.6 Å². The number of aromatic nitrogens is 4. The molecule has 29 heavy (non-hydrogen) atoms. The molecule has 4 rings (SSSR count). The average molecular weight is 403 g/mol. The number of ketones is 1. The van der Waals surface area contributed by atoms with Crippen molar-refractivity contribution in [2.24, 2.45) is 0 Å². The maximum atomic E-state index is 12.4. The predicted molar refractivity (Wildman–Crippen MR) is 116 cm³/mol. The lowest BCUT2D eigenvalue weighted by Gasteiger charge is -2.13. The molecule has 0 aliphatic carbocycles. The first-order valence-corrected chi connectivity index (χ1v) is 10.5. The van der Waals surface area contributed by atoms with Gasteiger partial charge in [-0.1, -0.05) is 59.8 Å². The summed E-state index contributed by atoms with van der Waals surface area (Å²) in [6, 6.07) is 20.2. The molecule has 2 aromatic carbocycles. The van der Waals surface area contributed by atoms with Crippen molar-refractivity contribution in [2.45, 2.75) is 25.4 Å². The quantitative estimate of drug-likeness (QED) is 0.357. The molecule has 2 aromatic heterocycles. The molecule has 6 heteroatoms. The summed E-state index contributed by atoms with van der Waals surface area (Å²) in [6.07, 6.45) is 2.43. The van der Waals surface area contributed by atoms with E-state index in [0.717, 1.165) is 22.2 Å². The van der Waals surface area contributed by atoms with Crippen LogP contribution in [0.2, 0.25) is 0 Å². The van der Waals surface area contributed by atoms with Gasteiger partial charge in [-0.05, 0) is 43.2 Å². The van der Waals surface area contributed by atoms with Crippen molar-refractivity contribution in [1.29, 1.82) is 0 Å². The van der Waals surface area contributed by atoms with Gasteiger partial charge in [0.2, 0.25) is 0 Å². The van der Waals surface area contributed by atoms with Crippen molar-refractivity contribution >= 4 is 17.5 Å². The fourth-order valence-corrected chi connectivity index (χ4v) is 4.14. The predicted octanol–water partition coefficient (Wildman–Crippen LogP) is 4.78. The van der Waals surface area contributed by atoms with Crippen LogP contribution in [0.25, 0.3) is 5.69 Å². The molecule has 4 aromatic rings. The Kier molecular flexibility index (Phi) is 5.62. The largest absolute Gasteiger partial charge is 0.359 e. The molecule has 0 saturated carbocycles. The molecule has 1 N–H and O–H groups in total. The van der Waals surface area contributed by atoms with Crippen molar-refractivity contribution in [3.05, 3.63) is 95.1 Å². The van der Waals surface area contributed by atoms with Crippen molar-refractivity contribution in [2.75, 3.05) is 5.75 Å². The van der Waals surface area contributed by atoms with Gasteiger partial charge in [-0.2, -0.15) is 0 Å². The highest BCUT2D eigenvalue weighted by atomic mass is 32.2. The smallest absolute Gasteiger partial charge is 0.196 e. The minimum atomic E-state index is 0.0415. The number of nitrogens with one attached hydrogen (secondary N) is 1. The molecule has 0 atom stereocenters.